The van der Waals surface area contributed by atoms with Crippen LogP contribution in [0.2, 0.25) is 0 Å². The van der Waals surface area contributed by atoms with E-state index in [1.165, 1.54) is 72.2 Å². The number of fused-ring (bicyclic) bond motifs is 2. The molecule has 0 fully saturated rings. The Balaban J connectivity index is 0.000000211. The van der Waals surface area contributed by atoms with Gasteiger partial charge in [-0.05, 0) is 84.9 Å². The van der Waals surface area contributed by atoms with E-state index in [9.17, 15) is 26.4 Å². The highest BCUT2D eigenvalue weighted by atomic mass is 32.2. The van der Waals surface area contributed by atoms with Gasteiger partial charge in [0.05, 0.1) is 68.8 Å². The second-order valence-corrected chi connectivity index (χ2v) is 14.9. The first-order chi connectivity index (χ1) is 26.3. The zero-order chi connectivity index (χ0) is 39.9. The van der Waals surface area contributed by atoms with Crippen LogP contribution in [0, 0.1) is 0 Å². The third kappa shape index (κ3) is 8.55. The fraction of sp³-hybridized carbons (Fsp3) is 0.189. The Morgan fingerprint density at radius 1 is 0.545 bits per heavy atom. The number of carboxylic acid groups (broad SMARTS) is 1. The van der Waals surface area contributed by atoms with Gasteiger partial charge in [-0.1, -0.05) is 0 Å². The molecule has 55 heavy (non-hydrogen) atoms. The summed E-state index contributed by atoms with van der Waals surface area (Å²) in [6, 6.07) is 21.7. The summed E-state index contributed by atoms with van der Waals surface area (Å²) in [5.74, 6) is 0.681. The summed E-state index contributed by atoms with van der Waals surface area (Å²) >= 11 is 0. The molecule has 4 aromatic carbocycles. The van der Waals surface area contributed by atoms with Crippen molar-refractivity contribution in [1.82, 2.24) is 7.94 Å². The number of hydrogen-bond donors (Lipinski definition) is 1. The Morgan fingerprint density at radius 3 is 1.25 bits per heavy atom. The molecule has 18 heteroatoms. The maximum absolute atomic E-state index is 13.2. The lowest BCUT2D eigenvalue weighted by molar-refractivity contribution is -0.143. The van der Waals surface area contributed by atoms with Crippen LogP contribution in [0.3, 0.4) is 0 Å². The summed E-state index contributed by atoms with van der Waals surface area (Å²) in [7, 11) is -0.635. The molecule has 0 aliphatic heterocycles. The predicted molar refractivity (Wildman–Crippen MR) is 199 cm³/mol. The van der Waals surface area contributed by atoms with Crippen LogP contribution in [-0.2, 0) is 34.4 Å². The van der Waals surface area contributed by atoms with Gasteiger partial charge in [0.15, 0.2) is 13.2 Å². The summed E-state index contributed by atoms with van der Waals surface area (Å²) in [5, 5.41) is 9.77. The normalized spacial score (nSPS) is 11.3. The lowest BCUT2D eigenvalue weighted by Crippen LogP contribution is -2.13. The monoisotopic (exact) mass is 796 g/mol. The molecule has 0 aliphatic carbocycles. The molecular formula is C37H36N2O14S2. The van der Waals surface area contributed by atoms with Crippen molar-refractivity contribution in [2.24, 2.45) is 0 Å². The van der Waals surface area contributed by atoms with Gasteiger partial charge in [0.2, 0.25) is 0 Å². The van der Waals surface area contributed by atoms with E-state index < -0.39 is 38.6 Å². The molecule has 2 aromatic heterocycles. The lowest BCUT2D eigenvalue weighted by Gasteiger charge is -2.08. The highest BCUT2D eigenvalue weighted by Crippen LogP contribution is 2.36. The van der Waals surface area contributed by atoms with E-state index in [4.69, 9.17) is 33.5 Å². The largest absolute Gasteiger partial charge is 0.497 e. The third-order valence-electron chi connectivity index (χ3n) is 8.04. The molecule has 0 spiro atoms. The van der Waals surface area contributed by atoms with Crippen molar-refractivity contribution in [3.63, 3.8) is 0 Å². The molecule has 6 rings (SSSR count). The summed E-state index contributed by atoms with van der Waals surface area (Å²) in [5.41, 5.74) is 0.725. The van der Waals surface area contributed by atoms with Crippen molar-refractivity contribution in [2.45, 2.75) is 9.79 Å². The summed E-state index contributed by atoms with van der Waals surface area (Å²) < 4.78 is 90.4. The first-order valence-electron chi connectivity index (χ1n) is 16.0. The second kappa shape index (κ2) is 16.7. The number of rotatable bonds is 14. The number of benzene rings is 4. The molecule has 0 unspecified atom stereocenters. The van der Waals surface area contributed by atoms with Crippen LogP contribution in [0.5, 0.6) is 34.5 Å². The predicted octanol–water partition coefficient (Wildman–Crippen LogP) is 4.81. The van der Waals surface area contributed by atoms with Gasteiger partial charge in [0.1, 0.15) is 34.5 Å². The van der Waals surface area contributed by atoms with E-state index >= 15 is 0 Å². The molecule has 0 saturated heterocycles. The molecular weight excluding hydrogens is 761 g/mol. The first kappa shape index (κ1) is 39.8. The highest BCUT2D eigenvalue weighted by Gasteiger charge is 2.24. The Kier molecular flexibility index (Phi) is 12.1. The molecule has 16 nitrogen and oxygen atoms in total. The fourth-order valence-corrected chi connectivity index (χ4v) is 7.96. The summed E-state index contributed by atoms with van der Waals surface area (Å²) in [6.45, 7) is -0.950. The van der Waals surface area contributed by atoms with Gasteiger partial charge in [-0.15, -0.1) is 0 Å². The van der Waals surface area contributed by atoms with E-state index in [0.717, 1.165) is 7.94 Å². The van der Waals surface area contributed by atoms with Gasteiger partial charge in [-0.3, -0.25) is 0 Å². The zero-order valence-electron chi connectivity index (χ0n) is 30.1. The molecule has 0 amide bonds. The SMILES string of the molecule is COC(=O)COc1cn(S(=O)(=O)c2ccc(OC)cc2)c2ccc(OC)cc12.COc1ccc(S(=O)(=O)n2cc(OCC(=O)O)c3cc(OC)ccc32)cc1. The lowest BCUT2D eigenvalue weighted by atomic mass is 10.2. The molecule has 0 aliphatic rings. The number of methoxy groups -OCH3 is 5. The number of nitrogens with zero attached hydrogens (tertiary/aromatic N) is 2. The number of aromatic nitrogens is 2. The quantitative estimate of drug-likeness (QED) is 0.148. The molecule has 1 N–H and O–H groups in total. The Morgan fingerprint density at radius 2 is 0.909 bits per heavy atom. The molecule has 290 valence electrons. The van der Waals surface area contributed by atoms with Crippen molar-refractivity contribution in [1.29, 1.82) is 0 Å². The zero-order valence-corrected chi connectivity index (χ0v) is 31.8. The summed E-state index contributed by atoms with van der Waals surface area (Å²) in [6.07, 6.45) is 2.58. The van der Waals surface area contributed by atoms with Gasteiger partial charge in [0.25, 0.3) is 20.0 Å². The van der Waals surface area contributed by atoms with E-state index in [1.54, 1.807) is 60.7 Å². The number of carboxylic acids is 1. The van der Waals surface area contributed by atoms with Gasteiger partial charge in [-0.2, -0.15) is 0 Å². The van der Waals surface area contributed by atoms with Crippen LogP contribution in [0.25, 0.3) is 21.8 Å². The minimum absolute atomic E-state index is 0.0563. The van der Waals surface area contributed by atoms with E-state index in [1.807, 2.05) is 0 Å². The highest BCUT2D eigenvalue weighted by molar-refractivity contribution is 7.90. The first-order valence-corrected chi connectivity index (χ1v) is 18.9. The Hall–Kier alpha value is -6.40. The minimum atomic E-state index is -3.93. The number of ether oxygens (including phenoxy) is 7. The summed E-state index contributed by atoms with van der Waals surface area (Å²) in [4.78, 5) is 22.4. The van der Waals surface area contributed by atoms with Crippen molar-refractivity contribution in [3.8, 4) is 34.5 Å². The van der Waals surface area contributed by atoms with Crippen molar-refractivity contribution in [2.75, 3.05) is 48.8 Å². The fourth-order valence-electron chi connectivity index (χ4n) is 5.24. The molecule has 0 saturated carbocycles. The Labute approximate surface area is 316 Å². The van der Waals surface area contributed by atoms with Gasteiger partial charge in [-0.25, -0.2) is 34.4 Å². The van der Waals surface area contributed by atoms with Crippen LogP contribution in [0.4, 0.5) is 0 Å². The van der Waals surface area contributed by atoms with E-state index in [-0.39, 0.29) is 27.9 Å². The van der Waals surface area contributed by atoms with Crippen LogP contribution in [-0.4, -0.2) is 90.6 Å². The van der Waals surface area contributed by atoms with Crippen molar-refractivity contribution >= 4 is 53.8 Å². The van der Waals surface area contributed by atoms with E-state index in [2.05, 4.69) is 4.74 Å². The van der Waals surface area contributed by atoms with Crippen LogP contribution in [0.15, 0.2) is 107 Å². The maximum atomic E-state index is 13.2. The van der Waals surface area contributed by atoms with Crippen LogP contribution < -0.4 is 28.4 Å². The number of carbonyl (C=O) groups is 2. The van der Waals surface area contributed by atoms with Crippen LogP contribution in [0.1, 0.15) is 0 Å². The number of carbonyl (C=O) groups excluding carboxylic acids is 1. The standard InChI is InChI=1S/C19H19NO7S.C18H17NO7S/c1-24-13-4-7-15(8-5-13)28(22,23)20-11-18(27-12-19(21)26-3)16-10-14(25-2)6-9-17(16)20;1-24-12-3-6-14(7-4-12)27(22,23)19-10-17(26-11-18(20)21)15-9-13(25-2)5-8-16(15)19/h4-11H,12H2,1-3H3;3-10H,11H2,1-2H3,(H,20,21). The molecule has 0 bridgehead atoms. The minimum Gasteiger partial charge on any atom is -0.497 e. The smallest absolute Gasteiger partial charge is 0.343 e. The second-order valence-electron chi connectivity index (χ2n) is 11.3. The number of aliphatic carboxylic acids is 1. The van der Waals surface area contributed by atoms with Gasteiger partial charge in [0, 0.05) is 10.8 Å². The number of hydrogen-bond acceptors (Lipinski definition) is 13. The van der Waals surface area contributed by atoms with E-state index in [0.29, 0.717) is 44.8 Å². The van der Waals surface area contributed by atoms with Gasteiger partial charge >= 0.3 is 11.9 Å². The topological polar surface area (TPSA) is 197 Å². The molecule has 0 radical (unpaired) electrons. The maximum Gasteiger partial charge on any atom is 0.343 e. The molecule has 0 atom stereocenters. The van der Waals surface area contributed by atoms with Gasteiger partial charge < -0.3 is 38.3 Å². The third-order valence-corrected chi connectivity index (χ3v) is 11.4. The van der Waals surface area contributed by atoms with Crippen molar-refractivity contribution in [3.05, 3.63) is 97.3 Å². The average molecular weight is 797 g/mol. The van der Waals surface area contributed by atoms with Crippen LogP contribution >= 0.6 is 0 Å². The van der Waals surface area contributed by atoms with Crippen molar-refractivity contribution < 1.29 is 64.7 Å². The Bertz CT molecular complexity index is 2540. The molecule has 6 aromatic rings. The number of esters is 1. The average Bonchev–Trinajstić information content (AvgIpc) is 3.77. The molecule has 2 heterocycles.